The van der Waals surface area contributed by atoms with Gasteiger partial charge < -0.3 is 0 Å². The molecule has 1 amide bonds. The van der Waals surface area contributed by atoms with Crippen molar-refractivity contribution >= 4 is 5.91 Å². The molecule has 0 spiro atoms. The molecule has 16 heavy (non-hydrogen) atoms. The highest BCUT2D eigenvalue weighted by atomic mass is 16.5. The number of hydroxylamine groups is 1. The first kappa shape index (κ1) is 12.6. The molecule has 1 aromatic heterocycles. The van der Waals surface area contributed by atoms with E-state index in [1.54, 1.807) is 23.9 Å². The SMILES string of the molecule is O=C(CCCCCCc1ncccn1)NO. The van der Waals surface area contributed by atoms with Gasteiger partial charge in [-0.05, 0) is 18.9 Å². The summed E-state index contributed by atoms with van der Waals surface area (Å²) in [5, 5.41) is 8.27. The van der Waals surface area contributed by atoms with Gasteiger partial charge in [0.05, 0.1) is 0 Å². The average molecular weight is 223 g/mol. The molecule has 1 rings (SSSR count). The van der Waals surface area contributed by atoms with Gasteiger partial charge in [-0.2, -0.15) is 0 Å². The zero-order chi connectivity index (χ0) is 11.6. The van der Waals surface area contributed by atoms with E-state index >= 15 is 0 Å². The molecule has 1 heterocycles. The molecule has 5 nitrogen and oxygen atoms in total. The fraction of sp³-hybridized carbons (Fsp3) is 0.545. The van der Waals surface area contributed by atoms with Gasteiger partial charge in [-0.15, -0.1) is 0 Å². The number of amides is 1. The van der Waals surface area contributed by atoms with Crippen molar-refractivity contribution in [3.63, 3.8) is 0 Å². The second-order valence-electron chi connectivity index (χ2n) is 3.61. The van der Waals surface area contributed by atoms with Crippen molar-refractivity contribution in [3.05, 3.63) is 24.3 Å². The summed E-state index contributed by atoms with van der Waals surface area (Å²) in [6.45, 7) is 0. The predicted molar refractivity (Wildman–Crippen MR) is 58.8 cm³/mol. The summed E-state index contributed by atoms with van der Waals surface area (Å²) in [5.41, 5.74) is 1.62. The van der Waals surface area contributed by atoms with E-state index in [1.165, 1.54) is 0 Å². The number of nitrogens with zero attached hydrogens (tertiary/aromatic N) is 2. The highest BCUT2D eigenvalue weighted by Gasteiger charge is 1.99. The maximum atomic E-state index is 10.7. The molecule has 5 heteroatoms. The van der Waals surface area contributed by atoms with Crippen LogP contribution in [0.5, 0.6) is 0 Å². The molecule has 0 saturated carbocycles. The minimum absolute atomic E-state index is 0.314. The lowest BCUT2D eigenvalue weighted by molar-refractivity contribution is -0.129. The van der Waals surface area contributed by atoms with Crippen LogP contribution in [0, 0.1) is 0 Å². The molecule has 1 aromatic rings. The predicted octanol–water partition coefficient (Wildman–Crippen LogP) is 1.47. The fourth-order valence-electron chi connectivity index (χ4n) is 1.44. The topological polar surface area (TPSA) is 75.1 Å². The molecule has 0 radical (unpaired) electrons. The molecule has 0 aliphatic rings. The quantitative estimate of drug-likeness (QED) is 0.417. The van der Waals surface area contributed by atoms with Crippen LogP contribution in [0.15, 0.2) is 18.5 Å². The van der Waals surface area contributed by atoms with E-state index in [1.807, 2.05) is 0 Å². The normalized spacial score (nSPS) is 10.1. The van der Waals surface area contributed by atoms with E-state index in [0.717, 1.165) is 37.9 Å². The van der Waals surface area contributed by atoms with Crippen molar-refractivity contribution in [1.29, 1.82) is 0 Å². The Morgan fingerprint density at radius 2 is 1.88 bits per heavy atom. The van der Waals surface area contributed by atoms with Gasteiger partial charge in [0.25, 0.3) is 0 Å². The van der Waals surface area contributed by atoms with Crippen molar-refractivity contribution in [2.45, 2.75) is 38.5 Å². The van der Waals surface area contributed by atoms with E-state index in [-0.39, 0.29) is 5.91 Å². The molecule has 0 bridgehead atoms. The zero-order valence-electron chi connectivity index (χ0n) is 9.22. The van der Waals surface area contributed by atoms with Crippen LogP contribution < -0.4 is 5.48 Å². The number of aromatic nitrogens is 2. The Morgan fingerprint density at radius 3 is 2.56 bits per heavy atom. The Bertz CT molecular complexity index is 303. The lowest BCUT2D eigenvalue weighted by Crippen LogP contribution is -2.17. The largest absolute Gasteiger partial charge is 0.289 e. The Labute approximate surface area is 94.9 Å². The van der Waals surface area contributed by atoms with E-state index in [0.29, 0.717) is 6.42 Å². The lowest BCUT2D eigenvalue weighted by Gasteiger charge is -2.00. The summed E-state index contributed by atoms with van der Waals surface area (Å²) in [4.78, 5) is 18.9. The molecular formula is C11H17N3O2. The number of carbonyl (C=O) groups excluding carboxylic acids is 1. The van der Waals surface area contributed by atoms with Gasteiger partial charge in [0.1, 0.15) is 5.82 Å². The number of nitrogens with one attached hydrogen (secondary N) is 1. The van der Waals surface area contributed by atoms with Crippen molar-refractivity contribution in [2.24, 2.45) is 0 Å². The third kappa shape index (κ3) is 5.41. The highest BCUT2D eigenvalue weighted by molar-refractivity contribution is 5.74. The summed E-state index contributed by atoms with van der Waals surface area (Å²) in [7, 11) is 0. The van der Waals surface area contributed by atoms with E-state index in [4.69, 9.17) is 5.21 Å². The van der Waals surface area contributed by atoms with Gasteiger partial charge in [0, 0.05) is 25.2 Å². The molecule has 0 atom stereocenters. The van der Waals surface area contributed by atoms with Crippen LogP contribution in [0.1, 0.15) is 37.9 Å². The number of carbonyl (C=O) groups is 1. The molecule has 2 N–H and O–H groups in total. The van der Waals surface area contributed by atoms with Crippen LogP contribution in [-0.2, 0) is 11.2 Å². The van der Waals surface area contributed by atoms with Gasteiger partial charge in [-0.25, -0.2) is 15.4 Å². The maximum Gasteiger partial charge on any atom is 0.243 e. The Morgan fingerprint density at radius 1 is 1.19 bits per heavy atom. The first-order valence-corrected chi connectivity index (χ1v) is 5.52. The maximum absolute atomic E-state index is 10.7. The van der Waals surface area contributed by atoms with E-state index in [2.05, 4.69) is 9.97 Å². The standard InChI is InChI=1S/C11H17N3O2/c15-11(14-16)7-4-2-1-3-6-10-12-8-5-9-13-10/h5,8-9,16H,1-4,6-7H2,(H,14,15). The number of unbranched alkanes of at least 4 members (excludes halogenated alkanes) is 3. The summed E-state index contributed by atoms with van der Waals surface area (Å²) in [6, 6.07) is 1.80. The second kappa shape index (κ2) is 7.76. The number of aryl methyl sites for hydroxylation is 1. The molecule has 0 aliphatic carbocycles. The third-order valence-electron chi connectivity index (χ3n) is 2.30. The number of hydrogen-bond donors (Lipinski definition) is 2. The van der Waals surface area contributed by atoms with E-state index in [9.17, 15) is 4.79 Å². The van der Waals surface area contributed by atoms with Crippen LogP contribution >= 0.6 is 0 Å². The summed E-state index contributed by atoms with van der Waals surface area (Å²) in [6.07, 6.45) is 8.64. The summed E-state index contributed by atoms with van der Waals surface area (Å²) in [5.74, 6) is 0.557. The Balaban J connectivity index is 1.98. The molecule has 0 aliphatic heterocycles. The lowest BCUT2D eigenvalue weighted by atomic mass is 10.1. The van der Waals surface area contributed by atoms with Gasteiger partial charge in [-0.3, -0.25) is 10.0 Å². The van der Waals surface area contributed by atoms with Crippen LogP contribution in [0.3, 0.4) is 0 Å². The summed E-state index contributed by atoms with van der Waals surface area (Å²) >= 11 is 0. The van der Waals surface area contributed by atoms with Crippen molar-refractivity contribution in [1.82, 2.24) is 15.4 Å². The second-order valence-corrected chi connectivity index (χ2v) is 3.61. The molecule has 0 fully saturated rings. The minimum atomic E-state index is -0.314. The molecule has 0 aromatic carbocycles. The van der Waals surface area contributed by atoms with Gasteiger partial charge in [-0.1, -0.05) is 12.8 Å². The van der Waals surface area contributed by atoms with E-state index < -0.39 is 0 Å². The van der Waals surface area contributed by atoms with Crippen LogP contribution in [0.4, 0.5) is 0 Å². The molecule has 88 valence electrons. The smallest absolute Gasteiger partial charge is 0.243 e. The number of rotatable bonds is 7. The zero-order valence-corrected chi connectivity index (χ0v) is 9.22. The Kier molecular flexibility index (Phi) is 6.10. The van der Waals surface area contributed by atoms with Crippen molar-refractivity contribution < 1.29 is 10.0 Å². The van der Waals surface area contributed by atoms with Gasteiger partial charge in [0.2, 0.25) is 5.91 Å². The summed E-state index contributed by atoms with van der Waals surface area (Å²) < 4.78 is 0. The molecular weight excluding hydrogens is 206 g/mol. The van der Waals surface area contributed by atoms with Crippen LogP contribution in [-0.4, -0.2) is 21.1 Å². The van der Waals surface area contributed by atoms with Crippen LogP contribution in [0.25, 0.3) is 0 Å². The third-order valence-corrected chi connectivity index (χ3v) is 2.30. The first-order chi connectivity index (χ1) is 7.83. The minimum Gasteiger partial charge on any atom is -0.289 e. The van der Waals surface area contributed by atoms with Crippen molar-refractivity contribution in [2.75, 3.05) is 0 Å². The average Bonchev–Trinajstić information content (AvgIpc) is 2.34. The highest BCUT2D eigenvalue weighted by Crippen LogP contribution is 2.05. The van der Waals surface area contributed by atoms with Crippen LogP contribution in [0.2, 0.25) is 0 Å². The molecule has 0 unspecified atom stereocenters. The van der Waals surface area contributed by atoms with Gasteiger partial charge in [0.15, 0.2) is 0 Å². The fourth-order valence-corrected chi connectivity index (χ4v) is 1.44. The first-order valence-electron chi connectivity index (χ1n) is 5.52. The number of hydrogen-bond acceptors (Lipinski definition) is 4. The molecule has 0 saturated heterocycles. The van der Waals surface area contributed by atoms with Crippen molar-refractivity contribution in [3.8, 4) is 0 Å². The Hall–Kier alpha value is -1.49. The monoisotopic (exact) mass is 223 g/mol. The van der Waals surface area contributed by atoms with Gasteiger partial charge >= 0.3 is 0 Å².